The predicted molar refractivity (Wildman–Crippen MR) is 64.4 cm³/mol. The number of rotatable bonds is 4. The van der Waals surface area contributed by atoms with Crippen molar-refractivity contribution < 1.29 is 13.9 Å². The first kappa shape index (κ1) is 12.8. The number of anilines is 1. The van der Waals surface area contributed by atoms with E-state index in [1.807, 2.05) is 0 Å². The van der Waals surface area contributed by atoms with Crippen LogP contribution in [0.1, 0.15) is 12.8 Å². The van der Waals surface area contributed by atoms with Gasteiger partial charge in [0.25, 0.3) is 0 Å². The summed E-state index contributed by atoms with van der Waals surface area (Å²) < 4.78 is 18.6. The van der Waals surface area contributed by atoms with Crippen molar-refractivity contribution >= 4 is 11.7 Å². The van der Waals surface area contributed by atoms with Gasteiger partial charge in [0, 0.05) is 26.0 Å². The quantitative estimate of drug-likeness (QED) is 0.836. The molecule has 3 N–H and O–H groups in total. The second-order valence-electron chi connectivity index (χ2n) is 4.44. The molecule has 0 spiro atoms. The van der Waals surface area contributed by atoms with Gasteiger partial charge in [0.2, 0.25) is 5.91 Å². The maximum absolute atomic E-state index is 13.4. The number of pyridine rings is 1. The van der Waals surface area contributed by atoms with E-state index in [-0.39, 0.29) is 18.3 Å². The number of ether oxygens (including phenoxy) is 1. The summed E-state index contributed by atoms with van der Waals surface area (Å²) in [7, 11) is 0. The normalized spacial score (nSPS) is 18.3. The number of aromatic nitrogens is 1. The lowest BCUT2D eigenvalue weighted by Crippen LogP contribution is -2.46. The molecule has 0 aromatic carbocycles. The summed E-state index contributed by atoms with van der Waals surface area (Å²) >= 11 is 0. The Hall–Kier alpha value is -1.69. The molecule has 1 aliphatic rings. The Morgan fingerprint density at radius 3 is 2.89 bits per heavy atom. The molecule has 2 heterocycles. The van der Waals surface area contributed by atoms with Crippen molar-refractivity contribution in [3.8, 4) is 0 Å². The number of hydrogen-bond acceptors (Lipinski definition) is 4. The lowest BCUT2D eigenvalue weighted by atomic mass is 9.79. The third-order valence-corrected chi connectivity index (χ3v) is 3.33. The van der Waals surface area contributed by atoms with Crippen LogP contribution in [0, 0.1) is 11.2 Å². The van der Waals surface area contributed by atoms with E-state index in [1.165, 1.54) is 18.3 Å². The Bertz CT molecular complexity index is 433. The summed E-state index contributed by atoms with van der Waals surface area (Å²) in [5.41, 5.74) is 4.78. The van der Waals surface area contributed by atoms with Crippen LogP contribution in [0.15, 0.2) is 18.3 Å². The van der Waals surface area contributed by atoms with Crippen molar-refractivity contribution in [3.63, 3.8) is 0 Å². The van der Waals surface area contributed by atoms with Gasteiger partial charge in [0.1, 0.15) is 0 Å². The average Bonchev–Trinajstić information content (AvgIpc) is 2.39. The molecule has 1 fully saturated rings. The van der Waals surface area contributed by atoms with Crippen molar-refractivity contribution in [1.29, 1.82) is 0 Å². The molecule has 1 aliphatic heterocycles. The molecular formula is C12H16FN3O2. The van der Waals surface area contributed by atoms with Gasteiger partial charge >= 0.3 is 0 Å². The molecule has 0 bridgehead atoms. The van der Waals surface area contributed by atoms with E-state index in [4.69, 9.17) is 10.5 Å². The number of amides is 1. The minimum atomic E-state index is -0.678. The van der Waals surface area contributed by atoms with Crippen LogP contribution in [-0.2, 0) is 9.53 Å². The largest absolute Gasteiger partial charge is 0.381 e. The van der Waals surface area contributed by atoms with Gasteiger partial charge in [0.15, 0.2) is 11.6 Å². The molecule has 98 valence electrons. The Morgan fingerprint density at radius 1 is 1.56 bits per heavy atom. The number of nitrogens with one attached hydrogen (secondary N) is 1. The highest BCUT2D eigenvalue weighted by atomic mass is 19.1. The Morgan fingerprint density at radius 2 is 2.28 bits per heavy atom. The van der Waals surface area contributed by atoms with Crippen molar-refractivity contribution in [1.82, 2.24) is 4.98 Å². The monoisotopic (exact) mass is 253 g/mol. The molecule has 1 saturated heterocycles. The van der Waals surface area contributed by atoms with E-state index in [9.17, 15) is 9.18 Å². The summed E-state index contributed by atoms with van der Waals surface area (Å²) in [6.45, 7) is 1.27. The van der Waals surface area contributed by atoms with Crippen LogP contribution >= 0.6 is 0 Å². The molecule has 18 heavy (non-hydrogen) atoms. The van der Waals surface area contributed by atoms with Crippen molar-refractivity contribution in [2.24, 2.45) is 11.1 Å². The molecule has 0 atom stereocenters. The summed E-state index contributed by atoms with van der Waals surface area (Å²) in [4.78, 5) is 15.5. The van der Waals surface area contributed by atoms with Gasteiger partial charge in [0.05, 0.1) is 5.41 Å². The second kappa shape index (κ2) is 5.30. The maximum atomic E-state index is 13.4. The second-order valence-corrected chi connectivity index (χ2v) is 4.44. The molecule has 6 heteroatoms. The fourth-order valence-corrected chi connectivity index (χ4v) is 2.04. The molecule has 2 rings (SSSR count). The first-order chi connectivity index (χ1) is 8.64. The smallest absolute Gasteiger partial charge is 0.225 e. The standard InChI is InChI=1S/C12H16FN3O2/c13-9-2-1-5-15-10(9)16-8-12(11(14)17)3-6-18-7-4-12/h1-2,5H,3-4,6-8H2,(H2,14,17)(H,15,16). The number of primary amides is 1. The van der Waals surface area contributed by atoms with Gasteiger partial charge in [-0.3, -0.25) is 4.79 Å². The Balaban J connectivity index is 2.06. The first-order valence-electron chi connectivity index (χ1n) is 5.86. The Labute approximate surface area is 105 Å². The van der Waals surface area contributed by atoms with Crippen LogP contribution in [-0.4, -0.2) is 30.6 Å². The van der Waals surface area contributed by atoms with E-state index in [2.05, 4.69) is 10.3 Å². The SMILES string of the molecule is NC(=O)C1(CNc2ncccc2F)CCOCC1. The van der Waals surface area contributed by atoms with Crippen molar-refractivity contribution in [2.45, 2.75) is 12.8 Å². The zero-order valence-corrected chi connectivity index (χ0v) is 9.99. The van der Waals surface area contributed by atoms with Crippen molar-refractivity contribution in [2.75, 3.05) is 25.1 Å². The van der Waals surface area contributed by atoms with E-state index in [1.54, 1.807) is 0 Å². The van der Waals surface area contributed by atoms with Gasteiger partial charge in [-0.15, -0.1) is 0 Å². The average molecular weight is 253 g/mol. The highest BCUT2D eigenvalue weighted by Gasteiger charge is 2.38. The van der Waals surface area contributed by atoms with Gasteiger partial charge < -0.3 is 15.8 Å². The third-order valence-electron chi connectivity index (χ3n) is 3.33. The summed E-state index contributed by atoms with van der Waals surface area (Å²) in [6, 6.07) is 2.83. The minimum Gasteiger partial charge on any atom is -0.381 e. The fourth-order valence-electron chi connectivity index (χ4n) is 2.04. The number of hydrogen-bond donors (Lipinski definition) is 2. The number of carbonyl (C=O) groups excluding carboxylic acids is 1. The summed E-state index contributed by atoms with van der Waals surface area (Å²) in [5, 5.41) is 2.86. The Kier molecular flexibility index (Phi) is 3.76. The number of carbonyl (C=O) groups is 1. The first-order valence-corrected chi connectivity index (χ1v) is 5.86. The number of nitrogens with zero attached hydrogens (tertiary/aromatic N) is 1. The van der Waals surface area contributed by atoms with Gasteiger partial charge in [-0.1, -0.05) is 0 Å². The van der Waals surface area contributed by atoms with Crippen LogP contribution < -0.4 is 11.1 Å². The summed E-state index contributed by atoms with van der Waals surface area (Å²) in [5.74, 6) is -0.677. The van der Waals surface area contributed by atoms with Gasteiger partial charge in [-0.25, -0.2) is 9.37 Å². The lowest BCUT2D eigenvalue weighted by Gasteiger charge is -2.34. The maximum Gasteiger partial charge on any atom is 0.225 e. The molecule has 0 saturated carbocycles. The van der Waals surface area contributed by atoms with Gasteiger partial charge in [-0.2, -0.15) is 0 Å². The molecule has 5 nitrogen and oxygen atoms in total. The molecule has 0 radical (unpaired) electrons. The fraction of sp³-hybridized carbons (Fsp3) is 0.500. The van der Waals surface area contributed by atoms with Crippen LogP contribution in [0.25, 0.3) is 0 Å². The lowest BCUT2D eigenvalue weighted by molar-refractivity contribution is -0.132. The van der Waals surface area contributed by atoms with Crippen LogP contribution in [0.4, 0.5) is 10.2 Å². The van der Waals surface area contributed by atoms with E-state index in [0.717, 1.165) is 0 Å². The van der Waals surface area contributed by atoms with Crippen molar-refractivity contribution in [3.05, 3.63) is 24.1 Å². The molecule has 0 unspecified atom stereocenters. The van der Waals surface area contributed by atoms with Crippen LogP contribution in [0.2, 0.25) is 0 Å². The molecule has 0 aliphatic carbocycles. The van der Waals surface area contributed by atoms with Crippen LogP contribution in [0.3, 0.4) is 0 Å². The highest BCUT2D eigenvalue weighted by molar-refractivity contribution is 5.81. The predicted octanol–water partition coefficient (Wildman–Crippen LogP) is 0.915. The van der Waals surface area contributed by atoms with E-state index < -0.39 is 11.2 Å². The molecule has 1 aromatic rings. The topological polar surface area (TPSA) is 77.2 Å². The zero-order chi connectivity index (χ0) is 13.0. The molecule has 1 amide bonds. The highest BCUT2D eigenvalue weighted by Crippen LogP contribution is 2.30. The summed E-state index contributed by atoms with van der Waals surface area (Å²) in [6.07, 6.45) is 2.58. The number of nitrogens with two attached hydrogens (primary N) is 1. The zero-order valence-electron chi connectivity index (χ0n) is 9.99. The molecular weight excluding hydrogens is 237 g/mol. The minimum absolute atomic E-state index is 0.143. The molecule has 1 aromatic heterocycles. The van der Waals surface area contributed by atoms with Crippen LogP contribution in [0.5, 0.6) is 0 Å². The van der Waals surface area contributed by atoms with Gasteiger partial charge in [-0.05, 0) is 25.0 Å². The third kappa shape index (κ3) is 2.59. The van der Waals surface area contributed by atoms with E-state index in [0.29, 0.717) is 26.1 Å². The number of halogens is 1. The van der Waals surface area contributed by atoms with E-state index >= 15 is 0 Å².